The Balaban J connectivity index is 1.13. The van der Waals surface area contributed by atoms with Crippen LogP contribution < -0.4 is 0 Å². The third-order valence-electron chi connectivity index (χ3n) is 10.1. The maximum Gasteiger partial charge on any atom is 0.164 e. The van der Waals surface area contributed by atoms with Crippen molar-refractivity contribution in [2.24, 2.45) is 0 Å². The third-order valence-corrected chi connectivity index (χ3v) is 11.2. The molecule has 0 aliphatic rings. The van der Waals surface area contributed by atoms with Gasteiger partial charge in [0.15, 0.2) is 17.5 Å². The predicted molar refractivity (Wildman–Crippen MR) is 222 cm³/mol. The van der Waals surface area contributed by atoms with Crippen LogP contribution in [0.2, 0.25) is 0 Å². The summed E-state index contributed by atoms with van der Waals surface area (Å²) in [5.41, 5.74) is 8.65. The molecule has 5 nitrogen and oxygen atoms in total. The lowest BCUT2D eigenvalue weighted by atomic mass is 9.93. The second-order valence-corrected chi connectivity index (χ2v) is 14.5. The maximum absolute atomic E-state index is 6.53. The molecule has 0 radical (unpaired) electrons. The summed E-state index contributed by atoms with van der Waals surface area (Å²) >= 11 is 1.70. The molecular weight excluding hydrogens is 681 g/mol. The Kier molecular flexibility index (Phi) is 6.97. The molecule has 0 N–H and O–H groups in total. The molecule has 0 aliphatic carbocycles. The predicted octanol–water partition coefficient (Wildman–Crippen LogP) is 13.0. The summed E-state index contributed by atoms with van der Waals surface area (Å²) in [6, 6.07) is 58.8. The summed E-state index contributed by atoms with van der Waals surface area (Å²) in [6.45, 7) is 0. The molecule has 0 unspecified atom stereocenters. The van der Waals surface area contributed by atoms with Crippen molar-refractivity contribution < 1.29 is 4.42 Å². The molecular formula is C48H28N4OS. The molecule has 3 aromatic heterocycles. The van der Waals surface area contributed by atoms with Crippen molar-refractivity contribution >= 4 is 65.0 Å². The first-order valence-electron chi connectivity index (χ1n) is 17.9. The normalized spacial score (nSPS) is 11.7. The van der Waals surface area contributed by atoms with E-state index in [4.69, 9.17) is 24.4 Å². The van der Waals surface area contributed by atoms with Gasteiger partial charge in [0.1, 0.15) is 16.2 Å². The number of benzene rings is 8. The molecule has 11 aromatic rings. The minimum absolute atomic E-state index is 0.620. The molecule has 11 rings (SSSR count). The average Bonchev–Trinajstić information content (AvgIpc) is 3.83. The second kappa shape index (κ2) is 12.3. The smallest absolute Gasteiger partial charge is 0.164 e. The van der Waals surface area contributed by atoms with Crippen molar-refractivity contribution in [3.8, 4) is 55.9 Å². The Morgan fingerprint density at radius 1 is 0.389 bits per heavy atom. The lowest BCUT2D eigenvalue weighted by Gasteiger charge is -2.13. The van der Waals surface area contributed by atoms with Gasteiger partial charge in [0, 0.05) is 39.1 Å². The van der Waals surface area contributed by atoms with Crippen LogP contribution in [0, 0.1) is 0 Å². The van der Waals surface area contributed by atoms with Crippen LogP contribution in [0.4, 0.5) is 0 Å². The van der Waals surface area contributed by atoms with Gasteiger partial charge in [-0.1, -0.05) is 133 Å². The van der Waals surface area contributed by atoms with E-state index in [9.17, 15) is 0 Å². The van der Waals surface area contributed by atoms with Gasteiger partial charge in [-0.3, -0.25) is 0 Å². The van der Waals surface area contributed by atoms with Crippen molar-refractivity contribution in [2.45, 2.75) is 0 Å². The van der Waals surface area contributed by atoms with Crippen molar-refractivity contribution in [2.75, 3.05) is 0 Å². The van der Waals surface area contributed by atoms with Gasteiger partial charge < -0.3 is 4.42 Å². The highest BCUT2D eigenvalue weighted by Gasteiger charge is 2.19. The van der Waals surface area contributed by atoms with Gasteiger partial charge in [0.2, 0.25) is 0 Å². The highest BCUT2D eigenvalue weighted by molar-refractivity contribution is 7.21. The molecule has 252 valence electrons. The first-order valence-corrected chi connectivity index (χ1v) is 18.7. The van der Waals surface area contributed by atoms with Gasteiger partial charge in [-0.05, 0) is 63.0 Å². The third kappa shape index (κ3) is 5.15. The number of aromatic nitrogens is 4. The molecule has 0 bridgehead atoms. The van der Waals surface area contributed by atoms with E-state index in [-0.39, 0.29) is 0 Å². The highest BCUT2D eigenvalue weighted by Crippen LogP contribution is 2.42. The number of thiazole rings is 1. The van der Waals surface area contributed by atoms with E-state index < -0.39 is 0 Å². The lowest BCUT2D eigenvalue weighted by molar-refractivity contribution is 0.669. The second-order valence-electron chi connectivity index (χ2n) is 13.5. The summed E-state index contributed by atoms with van der Waals surface area (Å²) in [4.78, 5) is 20.4. The molecule has 0 amide bonds. The van der Waals surface area contributed by atoms with E-state index in [0.29, 0.717) is 17.5 Å². The van der Waals surface area contributed by atoms with Crippen LogP contribution in [0.25, 0.3) is 110 Å². The van der Waals surface area contributed by atoms with E-state index in [2.05, 4.69) is 127 Å². The summed E-state index contributed by atoms with van der Waals surface area (Å²) in [7, 11) is 0. The van der Waals surface area contributed by atoms with E-state index in [1.165, 1.54) is 5.39 Å². The van der Waals surface area contributed by atoms with Crippen molar-refractivity contribution in [3.63, 3.8) is 0 Å². The van der Waals surface area contributed by atoms with E-state index >= 15 is 0 Å². The van der Waals surface area contributed by atoms with Crippen LogP contribution in [0.1, 0.15) is 0 Å². The monoisotopic (exact) mass is 708 g/mol. The van der Waals surface area contributed by atoms with Gasteiger partial charge in [0.05, 0.1) is 10.2 Å². The maximum atomic E-state index is 6.53. The summed E-state index contributed by atoms with van der Waals surface area (Å²) in [6.07, 6.45) is 0. The zero-order chi connectivity index (χ0) is 35.6. The molecule has 0 fully saturated rings. The van der Waals surface area contributed by atoms with E-state index in [1.807, 2.05) is 42.5 Å². The number of hydrogen-bond donors (Lipinski definition) is 0. The molecule has 0 saturated carbocycles. The number of furan rings is 1. The van der Waals surface area contributed by atoms with Crippen molar-refractivity contribution in [1.82, 2.24) is 19.9 Å². The summed E-state index contributed by atoms with van der Waals surface area (Å²) < 4.78 is 7.65. The minimum Gasteiger partial charge on any atom is -0.456 e. The van der Waals surface area contributed by atoms with Gasteiger partial charge in [0.25, 0.3) is 0 Å². The first kappa shape index (κ1) is 30.6. The molecule has 8 aromatic carbocycles. The minimum atomic E-state index is 0.620. The largest absolute Gasteiger partial charge is 0.456 e. The van der Waals surface area contributed by atoms with Crippen LogP contribution in [-0.2, 0) is 0 Å². The van der Waals surface area contributed by atoms with Gasteiger partial charge >= 0.3 is 0 Å². The lowest BCUT2D eigenvalue weighted by Crippen LogP contribution is -2.01. The summed E-state index contributed by atoms with van der Waals surface area (Å²) in [5, 5.41) is 7.61. The number of fused-ring (bicyclic) bond motifs is 6. The molecule has 0 atom stereocenters. The number of hydrogen-bond acceptors (Lipinski definition) is 6. The van der Waals surface area contributed by atoms with Crippen molar-refractivity contribution in [3.05, 3.63) is 170 Å². The standard InChI is InChI=1S/C48H28N4OS/c1-3-13-30(14-4-1)45-50-46(34-23-22-29-12-7-8-17-32(29)24-34)52-47(51-45)38-26-35(25-33-18-9-10-19-36(33)38)37-20-11-21-41-44(37)39-27-43-40(28-42(39)53-41)49-48(54-43)31-15-5-2-6-16-31/h1-28H. The Bertz CT molecular complexity index is 3220. The summed E-state index contributed by atoms with van der Waals surface area (Å²) in [5.74, 6) is 1.88. The van der Waals surface area contributed by atoms with Crippen LogP contribution in [0.3, 0.4) is 0 Å². The van der Waals surface area contributed by atoms with Gasteiger partial charge in [-0.25, -0.2) is 19.9 Å². The average molecular weight is 709 g/mol. The fraction of sp³-hybridized carbons (Fsp3) is 0. The molecule has 0 saturated heterocycles. The molecule has 54 heavy (non-hydrogen) atoms. The first-order chi connectivity index (χ1) is 26.7. The zero-order valence-electron chi connectivity index (χ0n) is 28.8. The number of nitrogens with zero attached hydrogens (tertiary/aromatic N) is 4. The SMILES string of the molecule is c1ccc(-c2nc(-c3ccc4ccccc4c3)nc(-c3cc(-c4cccc5oc6cc7nc(-c8ccccc8)sc7cc6c45)cc4ccccc34)n2)cc1. The van der Waals surface area contributed by atoms with Crippen LogP contribution in [-0.4, -0.2) is 19.9 Å². The Hall–Kier alpha value is -7.02. The number of rotatable bonds is 5. The fourth-order valence-electron chi connectivity index (χ4n) is 7.51. The zero-order valence-corrected chi connectivity index (χ0v) is 29.6. The Morgan fingerprint density at radius 2 is 1.07 bits per heavy atom. The van der Waals surface area contributed by atoms with E-state index in [0.717, 1.165) is 86.7 Å². The van der Waals surface area contributed by atoms with Crippen molar-refractivity contribution in [1.29, 1.82) is 0 Å². The Labute approximate surface area is 313 Å². The molecule has 0 aliphatic heterocycles. The molecule has 3 heterocycles. The van der Waals surface area contributed by atoms with Crippen LogP contribution >= 0.6 is 11.3 Å². The van der Waals surface area contributed by atoms with E-state index in [1.54, 1.807) is 11.3 Å². The topological polar surface area (TPSA) is 64.7 Å². The fourth-order valence-corrected chi connectivity index (χ4v) is 8.51. The molecule has 6 heteroatoms. The quantitative estimate of drug-likeness (QED) is 0.178. The van der Waals surface area contributed by atoms with Gasteiger partial charge in [-0.2, -0.15) is 0 Å². The Morgan fingerprint density at radius 3 is 1.91 bits per heavy atom. The highest BCUT2D eigenvalue weighted by atomic mass is 32.1. The molecule has 0 spiro atoms. The van der Waals surface area contributed by atoms with Crippen LogP contribution in [0.5, 0.6) is 0 Å². The van der Waals surface area contributed by atoms with Crippen LogP contribution in [0.15, 0.2) is 174 Å². The van der Waals surface area contributed by atoms with Gasteiger partial charge in [-0.15, -0.1) is 11.3 Å².